The van der Waals surface area contributed by atoms with Crippen molar-refractivity contribution in [3.8, 4) is 0 Å². The Kier molecular flexibility index (Phi) is 7.52. The van der Waals surface area contributed by atoms with Gasteiger partial charge >= 0.3 is 0 Å². The van der Waals surface area contributed by atoms with Gasteiger partial charge in [-0.2, -0.15) is 0 Å². The highest BCUT2D eigenvalue weighted by Gasteiger charge is 2.33. The molecule has 2 aliphatic heterocycles. The molecule has 0 radical (unpaired) electrons. The van der Waals surface area contributed by atoms with Gasteiger partial charge in [0.15, 0.2) is 5.16 Å². The van der Waals surface area contributed by atoms with E-state index in [-0.39, 0.29) is 5.60 Å². The standard InChI is InChI=1S/C22H34N4O2S2/c1-4-13-29-21-24-19(23-7-6-8-26-9-11-27-12-10-26)18-16-14-22(3,5-2)28-15-17(16)30-20(18)25-21/h4-15H2,1-3H3,(H,23,24,25)/t22-/m0/s1. The van der Waals surface area contributed by atoms with Gasteiger partial charge in [0, 0.05) is 36.7 Å². The van der Waals surface area contributed by atoms with Crippen LogP contribution in [0, 0.1) is 0 Å². The SMILES string of the molecule is CCCSc1nc(NCCCN2CCOCC2)c2c3c(sc2n1)CO[C@@](C)(CC)C3. The molecule has 4 rings (SSSR count). The van der Waals surface area contributed by atoms with Gasteiger partial charge in [-0.15, -0.1) is 11.3 Å². The summed E-state index contributed by atoms with van der Waals surface area (Å²) in [5.41, 5.74) is 1.30. The van der Waals surface area contributed by atoms with Gasteiger partial charge < -0.3 is 14.8 Å². The third kappa shape index (κ3) is 5.10. The maximum Gasteiger partial charge on any atom is 0.190 e. The van der Waals surface area contributed by atoms with E-state index in [9.17, 15) is 0 Å². The fraction of sp³-hybridized carbons (Fsp3) is 0.727. The lowest BCUT2D eigenvalue weighted by Gasteiger charge is -2.33. The monoisotopic (exact) mass is 450 g/mol. The highest BCUT2D eigenvalue weighted by Crippen LogP contribution is 2.42. The molecule has 1 fully saturated rings. The molecule has 0 amide bonds. The molecule has 2 aromatic heterocycles. The molecule has 8 heteroatoms. The normalized spacial score (nSPS) is 22.4. The lowest BCUT2D eigenvalue weighted by atomic mass is 9.90. The first-order valence-electron chi connectivity index (χ1n) is 11.2. The Morgan fingerprint density at radius 3 is 2.83 bits per heavy atom. The Morgan fingerprint density at radius 2 is 2.07 bits per heavy atom. The van der Waals surface area contributed by atoms with E-state index in [1.165, 1.54) is 15.8 Å². The van der Waals surface area contributed by atoms with Crippen LogP contribution in [-0.2, 0) is 22.5 Å². The molecule has 166 valence electrons. The van der Waals surface area contributed by atoms with Crippen molar-refractivity contribution in [2.45, 2.75) is 63.8 Å². The minimum Gasteiger partial charge on any atom is -0.379 e. The number of morpholine rings is 1. The summed E-state index contributed by atoms with van der Waals surface area (Å²) in [6.45, 7) is 13.2. The zero-order valence-electron chi connectivity index (χ0n) is 18.5. The topological polar surface area (TPSA) is 59.5 Å². The van der Waals surface area contributed by atoms with Crippen LogP contribution in [0.15, 0.2) is 5.16 Å². The molecule has 4 heterocycles. The fourth-order valence-electron chi connectivity index (χ4n) is 4.00. The summed E-state index contributed by atoms with van der Waals surface area (Å²) >= 11 is 3.54. The average molecular weight is 451 g/mol. The molecule has 0 unspecified atom stereocenters. The maximum atomic E-state index is 6.19. The van der Waals surface area contributed by atoms with Gasteiger partial charge in [0.2, 0.25) is 0 Å². The van der Waals surface area contributed by atoms with Crippen molar-refractivity contribution in [2.24, 2.45) is 0 Å². The molecule has 0 aromatic carbocycles. The van der Waals surface area contributed by atoms with Crippen molar-refractivity contribution in [3.63, 3.8) is 0 Å². The van der Waals surface area contributed by atoms with Crippen LogP contribution >= 0.6 is 23.1 Å². The van der Waals surface area contributed by atoms with E-state index < -0.39 is 0 Å². The van der Waals surface area contributed by atoms with Crippen molar-refractivity contribution < 1.29 is 9.47 Å². The number of anilines is 1. The summed E-state index contributed by atoms with van der Waals surface area (Å²) in [7, 11) is 0. The van der Waals surface area contributed by atoms with Gasteiger partial charge in [0.25, 0.3) is 0 Å². The second-order valence-corrected chi connectivity index (χ2v) is 10.5. The lowest BCUT2D eigenvalue weighted by molar-refractivity contribution is -0.0542. The number of hydrogen-bond donors (Lipinski definition) is 1. The molecule has 1 N–H and O–H groups in total. The number of rotatable bonds is 9. The number of ether oxygens (including phenoxy) is 2. The number of nitrogens with zero attached hydrogens (tertiary/aromatic N) is 3. The largest absolute Gasteiger partial charge is 0.379 e. The number of nitrogens with one attached hydrogen (secondary N) is 1. The van der Waals surface area contributed by atoms with Crippen LogP contribution in [0.2, 0.25) is 0 Å². The molecule has 0 bridgehead atoms. The van der Waals surface area contributed by atoms with Crippen LogP contribution in [0.5, 0.6) is 0 Å². The van der Waals surface area contributed by atoms with Crippen LogP contribution in [-0.4, -0.2) is 65.6 Å². The highest BCUT2D eigenvalue weighted by molar-refractivity contribution is 7.99. The quantitative estimate of drug-likeness (QED) is 0.341. The second kappa shape index (κ2) is 10.1. The summed E-state index contributed by atoms with van der Waals surface area (Å²) in [6.07, 6.45) is 4.17. The van der Waals surface area contributed by atoms with E-state index in [1.54, 1.807) is 23.1 Å². The first kappa shape index (κ1) is 22.3. The minimum atomic E-state index is -0.0930. The highest BCUT2D eigenvalue weighted by atomic mass is 32.2. The summed E-state index contributed by atoms with van der Waals surface area (Å²) in [5.74, 6) is 2.06. The second-order valence-electron chi connectivity index (χ2n) is 8.39. The Balaban J connectivity index is 1.54. The zero-order valence-corrected chi connectivity index (χ0v) is 20.1. The van der Waals surface area contributed by atoms with Crippen molar-refractivity contribution >= 4 is 39.1 Å². The Hall–Kier alpha value is -0.930. The predicted octanol–water partition coefficient (Wildman–Crippen LogP) is 4.57. The molecule has 0 spiro atoms. The van der Waals surface area contributed by atoms with E-state index in [4.69, 9.17) is 19.4 Å². The first-order chi connectivity index (χ1) is 14.6. The molecular formula is C22H34N4O2S2. The number of thiophene rings is 1. The van der Waals surface area contributed by atoms with Gasteiger partial charge in [-0.25, -0.2) is 9.97 Å². The van der Waals surface area contributed by atoms with Gasteiger partial charge in [-0.3, -0.25) is 4.90 Å². The van der Waals surface area contributed by atoms with Gasteiger partial charge in [-0.1, -0.05) is 25.6 Å². The van der Waals surface area contributed by atoms with Crippen LogP contribution in [0.3, 0.4) is 0 Å². The molecule has 1 saturated heterocycles. The summed E-state index contributed by atoms with van der Waals surface area (Å²) in [6, 6.07) is 0. The van der Waals surface area contributed by atoms with E-state index in [1.807, 2.05) is 0 Å². The van der Waals surface area contributed by atoms with Crippen LogP contribution < -0.4 is 5.32 Å². The summed E-state index contributed by atoms with van der Waals surface area (Å²) in [5, 5.41) is 5.78. The third-order valence-electron chi connectivity index (χ3n) is 6.05. The third-order valence-corrected chi connectivity index (χ3v) is 8.20. The fourth-order valence-corrected chi connectivity index (χ4v) is 5.86. The van der Waals surface area contributed by atoms with Crippen LogP contribution in [0.25, 0.3) is 10.2 Å². The average Bonchev–Trinajstić information content (AvgIpc) is 3.13. The van der Waals surface area contributed by atoms with Gasteiger partial charge in [0.05, 0.1) is 30.8 Å². The van der Waals surface area contributed by atoms with E-state index >= 15 is 0 Å². The number of thioether (sulfide) groups is 1. The van der Waals surface area contributed by atoms with Gasteiger partial charge in [-0.05, 0) is 38.3 Å². The van der Waals surface area contributed by atoms with Crippen LogP contribution in [0.4, 0.5) is 5.82 Å². The van der Waals surface area contributed by atoms with E-state index in [0.717, 1.165) is 86.6 Å². The molecule has 0 saturated carbocycles. The molecule has 0 aliphatic carbocycles. The molecule has 6 nitrogen and oxygen atoms in total. The molecule has 30 heavy (non-hydrogen) atoms. The first-order valence-corrected chi connectivity index (χ1v) is 13.0. The van der Waals surface area contributed by atoms with Gasteiger partial charge in [0.1, 0.15) is 10.6 Å². The predicted molar refractivity (Wildman–Crippen MR) is 126 cm³/mol. The lowest BCUT2D eigenvalue weighted by Crippen LogP contribution is -2.37. The molecule has 1 atom stereocenters. The van der Waals surface area contributed by atoms with Crippen molar-refractivity contribution in [1.29, 1.82) is 0 Å². The molecule has 2 aromatic rings. The van der Waals surface area contributed by atoms with E-state index in [2.05, 4.69) is 31.0 Å². The Morgan fingerprint density at radius 1 is 1.23 bits per heavy atom. The smallest absolute Gasteiger partial charge is 0.190 e. The van der Waals surface area contributed by atoms with Crippen molar-refractivity contribution in [1.82, 2.24) is 14.9 Å². The zero-order chi connectivity index (χ0) is 21.0. The maximum absolute atomic E-state index is 6.19. The Labute approximate surface area is 188 Å². The van der Waals surface area contributed by atoms with Crippen molar-refractivity contribution in [2.75, 3.05) is 50.5 Å². The Bertz CT molecular complexity index is 853. The van der Waals surface area contributed by atoms with Crippen molar-refractivity contribution in [3.05, 3.63) is 10.4 Å². The number of aromatic nitrogens is 2. The minimum absolute atomic E-state index is 0.0930. The van der Waals surface area contributed by atoms with E-state index in [0.29, 0.717) is 6.61 Å². The molecular weight excluding hydrogens is 416 g/mol. The number of hydrogen-bond acceptors (Lipinski definition) is 8. The summed E-state index contributed by atoms with van der Waals surface area (Å²) < 4.78 is 11.6. The van der Waals surface area contributed by atoms with Crippen LogP contribution in [0.1, 0.15) is 50.5 Å². The summed E-state index contributed by atoms with van der Waals surface area (Å²) in [4.78, 5) is 14.8. The number of fused-ring (bicyclic) bond motifs is 3. The molecule has 2 aliphatic rings.